The third-order valence-corrected chi connectivity index (χ3v) is 3.13. The Morgan fingerprint density at radius 2 is 1.94 bits per heavy atom. The van der Waals surface area contributed by atoms with Gasteiger partial charge in [-0.15, -0.1) is 0 Å². The Bertz CT molecular complexity index is 660. The van der Waals surface area contributed by atoms with Crippen molar-refractivity contribution in [2.45, 2.75) is 20.8 Å². The first-order chi connectivity index (χ1) is 8.56. The summed E-state index contributed by atoms with van der Waals surface area (Å²) in [6, 6.07) is 7.76. The maximum Gasteiger partial charge on any atom is 0.219 e. The summed E-state index contributed by atoms with van der Waals surface area (Å²) in [5.74, 6) is -0.258. The molecule has 0 spiro atoms. The van der Waals surface area contributed by atoms with Gasteiger partial charge in [0.1, 0.15) is 6.07 Å². The Balaban J connectivity index is 2.55. The van der Waals surface area contributed by atoms with Gasteiger partial charge in [0.2, 0.25) is 5.78 Å². The van der Waals surface area contributed by atoms with Crippen LogP contribution in [0.25, 0.3) is 10.9 Å². The number of aromatic nitrogens is 1. The Kier molecular flexibility index (Phi) is 3.03. The number of rotatable bonds is 2. The van der Waals surface area contributed by atoms with Gasteiger partial charge in [0.25, 0.3) is 0 Å². The zero-order valence-corrected chi connectivity index (χ0v) is 10.7. The van der Waals surface area contributed by atoms with E-state index in [0.29, 0.717) is 5.69 Å². The minimum absolute atomic E-state index is 0.162. The summed E-state index contributed by atoms with van der Waals surface area (Å²) < 4.78 is 0. The molecule has 0 amide bonds. The van der Waals surface area contributed by atoms with Crippen LogP contribution in [-0.4, -0.2) is 10.8 Å². The van der Waals surface area contributed by atoms with E-state index in [-0.39, 0.29) is 11.4 Å². The van der Waals surface area contributed by atoms with Crippen LogP contribution in [0.1, 0.15) is 28.5 Å². The molecule has 18 heavy (non-hydrogen) atoms. The van der Waals surface area contributed by atoms with E-state index in [2.05, 4.69) is 4.98 Å². The highest BCUT2D eigenvalue weighted by molar-refractivity contribution is 6.12. The number of nitriles is 1. The molecule has 0 unspecified atom stereocenters. The molecule has 0 aliphatic rings. The lowest BCUT2D eigenvalue weighted by molar-refractivity contribution is 0.103. The number of carbonyl (C=O) groups excluding carboxylic acids is 1. The topological polar surface area (TPSA) is 56.6 Å². The van der Waals surface area contributed by atoms with Gasteiger partial charge in [0.05, 0.1) is 11.3 Å². The summed E-state index contributed by atoms with van der Waals surface area (Å²) in [5.41, 5.74) is 3.91. The van der Waals surface area contributed by atoms with E-state index in [0.717, 1.165) is 10.9 Å². The van der Waals surface area contributed by atoms with Gasteiger partial charge < -0.3 is 4.98 Å². The number of Topliss-reactive ketones (excluding diaryl/α,β-unsaturated/α-hetero) is 1. The molecule has 0 saturated carbocycles. The molecule has 90 valence electrons. The van der Waals surface area contributed by atoms with Gasteiger partial charge in [-0.25, -0.2) is 0 Å². The maximum atomic E-state index is 12.0. The van der Waals surface area contributed by atoms with E-state index in [1.165, 1.54) is 17.2 Å². The van der Waals surface area contributed by atoms with E-state index in [1.54, 1.807) is 13.0 Å². The van der Waals surface area contributed by atoms with Crippen LogP contribution in [0.3, 0.4) is 0 Å². The van der Waals surface area contributed by atoms with E-state index in [4.69, 9.17) is 5.26 Å². The monoisotopic (exact) mass is 238 g/mol. The summed E-state index contributed by atoms with van der Waals surface area (Å²) in [6.07, 6.45) is 1.53. The third-order valence-electron chi connectivity index (χ3n) is 3.13. The first kappa shape index (κ1) is 12.1. The molecular weight excluding hydrogens is 224 g/mol. The molecule has 1 N–H and O–H groups in total. The van der Waals surface area contributed by atoms with Crippen molar-refractivity contribution in [3.05, 3.63) is 46.7 Å². The minimum Gasteiger partial charge on any atom is -0.352 e. The van der Waals surface area contributed by atoms with Crippen LogP contribution in [-0.2, 0) is 0 Å². The Labute approximate surface area is 106 Å². The number of fused-ring (bicyclic) bond motifs is 1. The molecule has 0 aliphatic carbocycles. The first-order valence-corrected chi connectivity index (χ1v) is 5.78. The molecule has 3 nitrogen and oxygen atoms in total. The van der Waals surface area contributed by atoms with Crippen LogP contribution in [0.5, 0.6) is 0 Å². The molecule has 0 bridgehead atoms. The van der Waals surface area contributed by atoms with Gasteiger partial charge in [0.15, 0.2) is 0 Å². The van der Waals surface area contributed by atoms with Gasteiger partial charge in [-0.3, -0.25) is 4.79 Å². The largest absolute Gasteiger partial charge is 0.352 e. The highest BCUT2D eigenvalue weighted by atomic mass is 16.1. The zero-order valence-electron chi connectivity index (χ0n) is 10.7. The summed E-state index contributed by atoms with van der Waals surface area (Å²) in [7, 11) is 0. The number of hydrogen-bond donors (Lipinski definition) is 1. The van der Waals surface area contributed by atoms with Gasteiger partial charge in [-0.05, 0) is 50.1 Å². The minimum atomic E-state index is -0.258. The number of nitrogens with zero attached hydrogens (tertiary/aromatic N) is 1. The van der Waals surface area contributed by atoms with Crippen molar-refractivity contribution < 1.29 is 4.79 Å². The molecular formula is C15H14N2O. The Hall–Kier alpha value is -2.34. The number of allylic oxidation sites excluding steroid dienone is 2. The third kappa shape index (κ3) is 1.93. The second-order valence-corrected chi connectivity index (χ2v) is 4.35. The van der Waals surface area contributed by atoms with E-state index in [9.17, 15) is 4.79 Å². The zero-order chi connectivity index (χ0) is 13.3. The average Bonchev–Trinajstić information content (AvgIpc) is 2.74. The number of nitrogens with one attached hydrogen (secondary N) is 1. The molecule has 2 aromatic rings. The van der Waals surface area contributed by atoms with Crippen molar-refractivity contribution in [1.82, 2.24) is 4.98 Å². The van der Waals surface area contributed by atoms with Crippen LogP contribution in [0.15, 0.2) is 29.8 Å². The number of aryl methyl sites for hydroxylation is 2. The van der Waals surface area contributed by atoms with Crippen molar-refractivity contribution in [3.63, 3.8) is 0 Å². The summed E-state index contributed by atoms with van der Waals surface area (Å²) in [6.45, 7) is 5.76. The molecule has 1 heterocycles. The van der Waals surface area contributed by atoms with Gasteiger partial charge >= 0.3 is 0 Å². The van der Waals surface area contributed by atoms with Crippen molar-refractivity contribution in [3.8, 4) is 6.07 Å². The number of hydrogen-bond acceptors (Lipinski definition) is 2. The quantitative estimate of drug-likeness (QED) is 0.495. The van der Waals surface area contributed by atoms with Crippen molar-refractivity contribution in [2.24, 2.45) is 0 Å². The van der Waals surface area contributed by atoms with E-state index in [1.807, 2.05) is 32.0 Å². The lowest BCUT2D eigenvalue weighted by atomic mass is 10.1. The van der Waals surface area contributed by atoms with Crippen LogP contribution in [0, 0.1) is 25.2 Å². The highest BCUT2D eigenvalue weighted by Gasteiger charge is 2.14. The summed E-state index contributed by atoms with van der Waals surface area (Å²) in [4.78, 5) is 15.1. The van der Waals surface area contributed by atoms with E-state index >= 15 is 0 Å². The molecule has 0 radical (unpaired) electrons. The second kappa shape index (κ2) is 4.50. The molecule has 0 saturated heterocycles. The van der Waals surface area contributed by atoms with Crippen LogP contribution in [0.4, 0.5) is 0 Å². The van der Waals surface area contributed by atoms with Crippen LogP contribution >= 0.6 is 0 Å². The standard InChI is InChI=1S/C15H14N2O/c1-4-11(8-16)15(18)14-7-12-5-9(2)10(3)6-13(12)17-14/h4-7,17H,1-3H3/b11-4+. The molecule has 1 aromatic carbocycles. The lowest BCUT2D eigenvalue weighted by Crippen LogP contribution is -2.01. The van der Waals surface area contributed by atoms with Gasteiger partial charge in [0, 0.05) is 10.9 Å². The van der Waals surface area contributed by atoms with E-state index < -0.39 is 0 Å². The SMILES string of the molecule is C/C=C(\C#N)C(=O)c1cc2cc(C)c(C)cc2[nH]1. The number of H-pyrrole nitrogens is 1. The number of carbonyl (C=O) groups is 1. The smallest absolute Gasteiger partial charge is 0.219 e. The number of benzene rings is 1. The second-order valence-electron chi connectivity index (χ2n) is 4.35. The van der Waals surface area contributed by atoms with Crippen molar-refractivity contribution in [2.75, 3.05) is 0 Å². The molecule has 0 atom stereocenters. The van der Waals surface area contributed by atoms with Gasteiger partial charge in [-0.2, -0.15) is 5.26 Å². The molecule has 0 aliphatic heterocycles. The first-order valence-electron chi connectivity index (χ1n) is 5.78. The normalized spacial score (nSPS) is 11.6. The highest BCUT2D eigenvalue weighted by Crippen LogP contribution is 2.21. The predicted molar refractivity (Wildman–Crippen MR) is 71.5 cm³/mol. The molecule has 1 aromatic heterocycles. The molecule has 3 heteroatoms. The summed E-state index contributed by atoms with van der Waals surface area (Å²) in [5, 5.41) is 9.86. The predicted octanol–water partition coefficient (Wildman–Crippen LogP) is 3.44. The number of ketones is 1. The fraction of sp³-hybridized carbons (Fsp3) is 0.200. The van der Waals surface area contributed by atoms with Crippen LogP contribution < -0.4 is 0 Å². The fourth-order valence-corrected chi connectivity index (χ4v) is 1.92. The Morgan fingerprint density at radius 1 is 1.28 bits per heavy atom. The van der Waals surface area contributed by atoms with Gasteiger partial charge in [-0.1, -0.05) is 6.08 Å². The molecule has 0 fully saturated rings. The van der Waals surface area contributed by atoms with Crippen molar-refractivity contribution in [1.29, 1.82) is 5.26 Å². The Morgan fingerprint density at radius 3 is 2.56 bits per heavy atom. The molecule has 2 rings (SSSR count). The average molecular weight is 238 g/mol. The summed E-state index contributed by atoms with van der Waals surface area (Å²) >= 11 is 0. The maximum absolute atomic E-state index is 12.0. The van der Waals surface area contributed by atoms with Crippen LogP contribution in [0.2, 0.25) is 0 Å². The number of aromatic amines is 1. The lowest BCUT2D eigenvalue weighted by Gasteiger charge is -1.98. The fourth-order valence-electron chi connectivity index (χ4n) is 1.92. The van der Waals surface area contributed by atoms with Crippen molar-refractivity contribution >= 4 is 16.7 Å².